The van der Waals surface area contributed by atoms with E-state index in [9.17, 15) is 4.79 Å². The lowest BCUT2D eigenvalue weighted by Crippen LogP contribution is -2.29. The number of hydrogen-bond donors (Lipinski definition) is 1. The molecule has 3 aromatic rings. The van der Waals surface area contributed by atoms with E-state index in [4.69, 9.17) is 0 Å². The van der Waals surface area contributed by atoms with E-state index in [0.29, 0.717) is 10.7 Å². The second-order valence-corrected chi connectivity index (χ2v) is 5.28. The first-order valence-corrected chi connectivity index (χ1v) is 7.24. The summed E-state index contributed by atoms with van der Waals surface area (Å²) < 4.78 is 1.99. The van der Waals surface area contributed by atoms with Crippen LogP contribution in [-0.2, 0) is 7.05 Å². The SMILES string of the molecule is C[n+]1ccccc1-c1csc(NC(=O)c2ccncc2)n1. The highest BCUT2D eigenvalue weighted by molar-refractivity contribution is 7.14. The second kappa shape index (κ2) is 5.80. The maximum atomic E-state index is 12.0. The van der Waals surface area contributed by atoms with Crippen molar-refractivity contribution in [1.29, 1.82) is 0 Å². The summed E-state index contributed by atoms with van der Waals surface area (Å²) in [6, 6.07) is 9.25. The molecule has 3 heterocycles. The Morgan fingerprint density at radius 3 is 2.81 bits per heavy atom. The standard InChI is InChI=1S/C15H12N4OS/c1-19-9-3-2-4-13(19)12-10-21-15(17-12)18-14(20)11-5-7-16-8-6-11/h2-10H,1H3/p+1. The van der Waals surface area contributed by atoms with Gasteiger partial charge in [0.15, 0.2) is 11.3 Å². The van der Waals surface area contributed by atoms with E-state index in [1.165, 1.54) is 11.3 Å². The summed E-state index contributed by atoms with van der Waals surface area (Å²) >= 11 is 1.40. The molecule has 0 atom stereocenters. The van der Waals surface area contributed by atoms with Crippen LogP contribution in [0.3, 0.4) is 0 Å². The molecule has 0 bridgehead atoms. The Morgan fingerprint density at radius 1 is 1.24 bits per heavy atom. The summed E-state index contributed by atoms with van der Waals surface area (Å²) in [7, 11) is 1.96. The normalized spacial score (nSPS) is 10.3. The number of pyridine rings is 2. The molecule has 0 saturated carbocycles. The Kier molecular flexibility index (Phi) is 3.70. The number of hydrogen-bond acceptors (Lipinski definition) is 4. The molecule has 0 aromatic carbocycles. The monoisotopic (exact) mass is 297 g/mol. The lowest BCUT2D eigenvalue weighted by Gasteiger charge is -2.00. The number of thiazole rings is 1. The predicted molar refractivity (Wildman–Crippen MR) is 80.9 cm³/mol. The Hall–Kier alpha value is -2.60. The van der Waals surface area contributed by atoms with E-state index in [0.717, 1.165) is 11.4 Å². The van der Waals surface area contributed by atoms with E-state index < -0.39 is 0 Å². The van der Waals surface area contributed by atoms with Crippen molar-refractivity contribution in [2.45, 2.75) is 0 Å². The lowest BCUT2D eigenvalue weighted by molar-refractivity contribution is -0.660. The topological polar surface area (TPSA) is 58.8 Å². The van der Waals surface area contributed by atoms with Crippen LogP contribution in [0.15, 0.2) is 54.3 Å². The molecule has 0 saturated heterocycles. The first kappa shape index (κ1) is 13.4. The molecule has 21 heavy (non-hydrogen) atoms. The van der Waals surface area contributed by atoms with Gasteiger partial charge in [-0.25, -0.2) is 4.98 Å². The molecule has 5 nitrogen and oxygen atoms in total. The molecule has 1 N–H and O–H groups in total. The molecular formula is C15H13N4OS+. The molecular weight excluding hydrogens is 284 g/mol. The van der Waals surface area contributed by atoms with Gasteiger partial charge in [-0.1, -0.05) is 0 Å². The van der Waals surface area contributed by atoms with Crippen LogP contribution in [0.25, 0.3) is 11.4 Å². The van der Waals surface area contributed by atoms with Crippen molar-refractivity contribution in [1.82, 2.24) is 9.97 Å². The molecule has 0 radical (unpaired) electrons. The van der Waals surface area contributed by atoms with Gasteiger partial charge < -0.3 is 0 Å². The average Bonchev–Trinajstić information content (AvgIpc) is 2.97. The summed E-state index contributed by atoms with van der Waals surface area (Å²) in [6.07, 6.45) is 5.14. The molecule has 0 fully saturated rings. The number of rotatable bonds is 3. The average molecular weight is 297 g/mol. The minimum Gasteiger partial charge on any atom is -0.298 e. The third-order valence-electron chi connectivity index (χ3n) is 2.98. The zero-order chi connectivity index (χ0) is 14.7. The highest BCUT2D eigenvalue weighted by Crippen LogP contribution is 2.22. The maximum absolute atomic E-state index is 12.0. The number of carbonyl (C=O) groups is 1. The van der Waals surface area contributed by atoms with Crippen LogP contribution >= 0.6 is 11.3 Å². The fourth-order valence-corrected chi connectivity index (χ4v) is 2.61. The number of nitrogens with zero attached hydrogens (tertiary/aromatic N) is 3. The van der Waals surface area contributed by atoms with Gasteiger partial charge in [-0.2, -0.15) is 4.57 Å². The summed E-state index contributed by atoms with van der Waals surface area (Å²) in [5.41, 5.74) is 2.40. The molecule has 0 aliphatic heterocycles. The number of aromatic nitrogens is 3. The number of amides is 1. The number of carbonyl (C=O) groups excluding carboxylic acids is 1. The van der Waals surface area contributed by atoms with Crippen molar-refractivity contribution < 1.29 is 9.36 Å². The van der Waals surface area contributed by atoms with Crippen LogP contribution in [0.4, 0.5) is 5.13 Å². The van der Waals surface area contributed by atoms with Crippen LogP contribution < -0.4 is 9.88 Å². The zero-order valence-electron chi connectivity index (χ0n) is 11.4. The van der Waals surface area contributed by atoms with Gasteiger partial charge >= 0.3 is 0 Å². The van der Waals surface area contributed by atoms with Crippen LogP contribution in [0.1, 0.15) is 10.4 Å². The van der Waals surface area contributed by atoms with Crippen LogP contribution in [-0.4, -0.2) is 15.9 Å². The first-order chi connectivity index (χ1) is 10.2. The fraction of sp³-hybridized carbons (Fsp3) is 0.0667. The number of aryl methyl sites for hydroxylation is 1. The molecule has 1 amide bonds. The van der Waals surface area contributed by atoms with E-state index in [1.807, 2.05) is 41.4 Å². The summed E-state index contributed by atoms with van der Waals surface area (Å²) in [6.45, 7) is 0. The van der Waals surface area contributed by atoms with Gasteiger partial charge in [-0.3, -0.25) is 15.1 Å². The molecule has 0 aliphatic carbocycles. The van der Waals surface area contributed by atoms with Crippen LogP contribution in [0.5, 0.6) is 0 Å². The molecule has 0 spiro atoms. The van der Waals surface area contributed by atoms with E-state index in [1.54, 1.807) is 24.5 Å². The molecule has 0 unspecified atom stereocenters. The molecule has 3 aromatic heterocycles. The summed E-state index contributed by atoms with van der Waals surface area (Å²) in [4.78, 5) is 20.4. The van der Waals surface area contributed by atoms with Gasteiger partial charge in [-0.05, 0) is 18.2 Å². The van der Waals surface area contributed by atoms with Crippen LogP contribution in [0.2, 0.25) is 0 Å². The van der Waals surface area contributed by atoms with E-state index in [-0.39, 0.29) is 5.91 Å². The number of anilines is 1. The van der Waals surface area contributed by atoms with Gasteiger partial charge in [0.25, 0.3) is 5.91 Å². The van der Waals surface area contributed by atoms with Crippen molar-refractivity contribution in [2.24, 2.45) is 7.05 Å². The van der Waals surface area contributed by atoms with Crippen molar-refractivity contribution in [2.75, 3.05) is 5.32 Å². The zero-order valence-corrected chi connectivity index (χ0v) is 12.2. The van der Waals surface area contributed by atoms with Gasteiger partial charge in [0, 0.05) is 35.5 Å². The quantitative estimate of drug-likeness (QED) is 0.755. The van der Waals surface area contributed by atoms with E-state index >= 15 is 0 Å². The third-order valence-corrected chi connectivity index (χ3v) is 3.74. The Labute approximate surface area is 125 Å². The first-order valence-electron chi connectivity index (χ1n) is 6.36. The Morgan fingerprint density at radius 2 is 2.05 bits per heavy atom. The van der Waals surface area contributed by atoms with Crippen molar-refractivity contribution in [3.05, 3.63) is 59.9 Å². The minimum atomic E-state index is -0.185. The minimum absolute atomic E-state index is 0.185. The highest BCUT2D eigenvalue weighted by Gasteiger charge is 2.14. The van der Waals surface area contributed by atoms with Gasteiger partial charge in [-0.15, -0.1) is 11.3 Å². The third kappa shape index (κ3) is 2.95. The predicted octanol–water partition coefficient (Wildman–Crippen LogP) is 2.28. The lowest BCUT2D eigenvalue weighted by atomic mass is 10.2. The second-order valence-electron chi connectivity index (χ2n) is 4.42. The van der Waals surface area contributed by atoms with Crippen molar-refractivity contribution >= 4 is 22.4 Å². The molecule has 104 valence electrons. The van der Waals surface area contributed by atoms with Crippen molar-refractivity contribution in [3.8, 4) is 11.4 Å². The van der Waals surface area contributed by atoms with Crippen LogP contribution in [0, 0.1) is 0 Å². The van der Waals surface area contributed by atoms with Gasteiger partial charge in [0.05, 0.1) is 0 Å². The maximum Gasteiger partial charge on any atom is 0.257 e. The Bertz CT molecular complexity index is 770. The van der Waals surface area contributed by atoms with Crippen molar-refractivity contribution in [3.63, 3.8) is 0 Å². The largest absolute Gasteiger partial charge is 0.298 e. The molecule has 3 rings (SSSR count). The van der Waals surface area contributed by atoms with E-state index in [2.05, 4.69) is 15.3 Å². The summed E-state index contributed by atoms with van der Waals surface area (Å²) in [5, 5.41) is 5.31. The van der Waals surface area contributed by atoms with Gasteiger partial charge in [0.1, 0.15) is 12.7 Å². The molecule has 6 heteroatoms. The fourth-order valence-electron chi connectivity index (χ4n) is 1.91. The number of nitrogens with one attached hydrogen (secondary N) is 1. The smallest absolute Gasteiger partial charge is 0.257 e. The molecule has 0 aliphatic rings. The Balaban J connectivity index is 1.80. The summed E-state index contributed by atoms with van der Waals surface area (Å²) in [5.74, 6) is -0.185. The highest BCUT2D eigenvalue weighted by atomic mass is 32.1. The van der Waals surface area contributed by atoms with Gasteiger partial charge in [0.2, 0.25) is 5.69 Å².